The fourth-order valence-corrected chi connectivity index (χ4v) is 3.84. The normalized spacial score (nSPS) is 14.0. The number of hydrogen-bond donors (Lipinski definition) is 1. The molecular formula is C20H20N4O3S. The topological polar surface area (TPSA) is 76.6 Å². The van der Waals surface area contributed by atoms with E-state index in [9.17, 15) is 4.79 Å². The molecule has 1 aliphatic rings. The minimum atomic E-state index is -0.263. The van der Waals surface area contributed by atoms with Crippen LogP contribution in [0.25, 0.3) is 11.3 Å². The van der Waals surface area contributed by atoms with Crippen LogP contribution in [-0.4, -0.2) is 49.3 Å². The zero-order valence-electron chi connectivity index (χ0n) is 15.4. The first kappa shape index (κ1) is 18.4. The smallest absolute Gasteiger partial charge is 0.261 e. The van der Waals surface area contributed by atoms with E-state index in [0.717, 1.165) is 42.7 Å². The van der Waals surface area contributed by atoms with Gasteiger partial charge in [0.1, 0.15) is 5.75 Å². The molecule has 0 spiro atoms. The maximum absolute atomic E-state index is 12.5. The van der Waals surface area contributed by atoms with Crippen molar-refractivity contribution in [2.45, 2.75) is 0 Å². The molecule has 0 bridgehead atoms. The van der Waals surface area contributed by atoms with Gasteiger partial charge in [-0.05, 0) is 18.2 Å². The lowest BCUT2D eigenvalue weighted by molar-refractivity contribution is 0.102. The summed E-state index contributed by atoms with van der Waals surface area (Å²) in [5.74, 6) is 0.225. The molecule has 8 heteroatoms. The molecule has 3 aromatic rings. The number of benzene rings is 1. The highest BCUT2D eigenvalue weighted by molar-refractivity contribution is 7.14. The highest BCUT2D eigenvalue weighted by atomic mass is 32.1. The standard InChI is InChI=1S/C20H20N4O3S/c1-26-18-6-7-21-12-16(18)19(25)22-15-4-2-14(3-5-15)17-13-28-20(23-17)24-8-10-27-11-9-24/h2-7,12-13H,8-11H2,1H3,(H,22,25). The lowest BCUT2D eigenvalue weighted by Gasteiger charge is -2.26. The summed E-state index contributed by atoms with van der Waals surface area (Å²) in [5, 5.41) is 5.94. The monoisotopic (exact) mass is 396 g/mol. The van der Waals surface area contributed by atoms with Gasteiger partial charge in [-0.1, -0.05) is 12.1 Å². The van der Waals surface area contributed by atoms with Gasteiger partial charge in [-0.2, -0.15) is 0 Å². The van der Waals surface area contributed by atoms with Gasteiger partial charge in [0.05, 0.1) is 31.6 Å². The number of ether oxygens (including phenoxy) is 2. The van der Waals surface area contributed by atoms with Gasteiger partial charge in [-0.25, -0.2) is 4.98 Å². The molecule has 2 aromatic heterocycles. The number of aromatic nitrogens is 2. The van der Waals surface area contributed by atoms with Gasteiger partial charge in [0.25, 0.3) is 5.91 Å². The Morgan fingerprint density at radius 3 is 2.75 bits per heavy atom. The third-order valence-corrected chi connectivity index (χ3v) is 5.36. The van der Waals surface area contributed by atoms with Crippen LogP contribution in [0.15, 0.2) is 48.1 Å². The molecule has 0 unspecified atom stereocenters. The van der Waals surface area contributed by atoms with Crippen LogP contribution in [0.2, 0.25) is 0 Å². The van der Waals surface area contributed by atoms with E-state index in [1.807, 2.05) is 24.3 Å². The quantitative estimate of drug-likeness (QED) is 0.713. The minimum Gasteiger partial charge on any atom is -0.496 e. The summed E-state index contributed by atoms with van der Waals surface area (Å²) in [4.78, 5) is 23.4. The second-order valence-electron chi connectivity index (χ2n) is 6.22. The lowest BCUT2D eigenvalue weighted by atomic mass is 10.1. The number of carbonyl (C=O) groups is 1. The van der Waals surface area contributed by atoms with E-state index in [0.29, 0.717) is 17.0 Å². The molecule has 1 fully saturated rings. The SMILES string of the molecule is COc1ccncc1C(=O)Nc1ccc(-c2csc(N3CCOCC3)n2)cc1. The fourth-order valence-electron chi connectivity index (χ4n) is 2.95. The number of anilines is 2. The molecule has 1 aromatic carbocycles. The number of rotatable bonds is 5. The summed E-state index contributed by atoms with van der Waals surface area (Å²) in [7, 11) is 1.53. The predicted molar refractivity (Wildman–Crippen MR) is 109 cm³/mol. The predicted octanol–water partition coefficient (Wildman–Crippen LogP) is 3.30. The molecule has 1 N–H and O–H groups in total. The van der Waals surface area contributed by atoms with Crippen LogP contribution in [0.4, 0.5) is 10.8 Å². The number of pyridine rings is 1. The van der Waals surface area contributed by atoms with E-state index in [2.05, 4.69) is 20.6 Å². The molecule has 1 saturated heterocycles. The zero-order valence-corrected chi connectivity index (χ0v) is 16.2. The van der Waals surface area contributed by atoms with Crippen molar-refractivity contribution in [1.29, 1.82) is 0 Å². The summed E-state index contributed by atoms with van der Waals surface area (Å²) in [6.45, 7) is 3.22. The largest absolute Gasteiger partial charge is 0.496 e. The van der Waals surface area contributed by atoms with Crippen LogP contribution >= 0.6 is 11.3 Å². The van der Waals surface area contributed by atoms with Crippen molar-refractivity contribution in [1.82, 2.24) is 9.97 Å². The number of nitrogens with one attached hydrogen (secondary N) is 1. The first-order chi connectivity index (χ1) is 13.7. The molecule has 0 saturated carbocycles. The van der Waals surface area contributed by atoms with E-state index in [4.69, 9.17) is 14.5 Å². The number of morpholine rings is 1. The van der Waals surface area contributed by atoms with Gasteiger partial charge in [-0.3, -0.25) is 9.78 Å². The second kappa shape index (κ2) is 8.37. The Morgan fingerprint density at radius 2 is 2.00 bits per heavy atom. The van der Waals surface area contributed by atoms with Crippen molar-refractivity contribution < 1.29 is 14.3 Å². The van der Waals surface area contributed by atoms with E-state index in [-0.39, 0.29) is 5.91 Å². The van der Waals surface area contributed by atoms with Crippen LogP contribution in [0.3, 0.4) is 0 Å². The number of thiazole rings is 1. The van der Waals surface area contributed by atoms with E-state index in [1.54, 1.807) is 23.6 Å². The minimum absolute atomic E-state index is 0.263. The molecule has 0 atom stereocenters. The molecule has 144 valence electrons. The Labute approximate surface area is 167 Å². The van der Waals surface area contributed by atoms with Crippen molar-refractivity contribution in [2.24, 2.45) is 0 Å². The molecule has 0 aliphatic carbocycles. The van der Waals surface area contributed by atoms with E-state index >= 15 is 0 Å². The van der Waals surface area contributed by atoms with Crippen LogP contribution < -0.4 is 15.0 Å². The number of carbonyl (C=O) groups excluding carboxylic acids is 1. The summed E-state index contributed by atoms with van der Waals surface area (Å²) in [6.07, 6.45) is 3.08. The Kier molecular flexibility index (Phi) is 5.50. The van der Waals surface area contributed by atoms with Gasteiger partial charge in [0.2, 0.25) is 0 Å². The molecule has 28 heavy (non-hydrogen) atoms. The Morgan fingerprint density at radius 1 is 1.21 bits per heavy atom. The maximum atomic E-state index is 12.5. The van der Waals surface area contributed by atoms with Gasteiger partial charge < -0.3 is 19.7 Å². The van der Waals surface area contributed by atoms with Gasteiger partial charge in [0, 0.05) is 42.1 Å². The Balaban J connectivity index is 1.45. The van der Waals surface area contributed by atoms with Crippen molar-refractivity contribution in [3.63, 3.8) is 0 Å². The van der Waals surface area contributed by atoms with E-state index in [1.165, 1.54) is 13.3 Å². The molecule has 1 amide bonds. The Hall–Kier alpha value is -2.97. The second-order valence-corrected chi connectivity index (χ2v) is 7.06. The number of amides is 1. The summed E-state index contributed by atoms with van der Waals surface area (Å²) >= 11 is 1.64. The molecule has 1 aliphatic heterocycles. The van der Waals surface area contributed by atoms with Crippen molar-refractivity contribution in [3.05, 3.63) is 53.7 Å². The Bertz CT molecular complexity index is 952. The van der Waals surface area contributed by atoms with Gasteiger partial charge >= 0.3 is 0 Å². The number of methoxy groups -OCH3 is 1. The molecule has 4 rings (SSSR count). The highest BCUT2D eigenvalue weighted by Crippen LogP contribution is 2.29. The van der Waals surface area contributed by atoms with Crippen LogP contribution in [0, 0.1) is 0 Å². The maximum Gasteiger partial charge on any atom is 0.261 e. The third-order valence-electron chi connectivity index (χ3n) is 4.46. The average molecular weight is 396 g/mol. The van der Waals surface area contributed by atoms with Crippen LogP contribution in [0.5, 0.6) is 5.75 Å². The summed E-state index contributed by atoms with van der Waals surface area (Å²) < 4.78 is 10.6. The third kappa shape index (κ3) is 3.97. The van der Waals surface area contributed by atoms with Gasteiger partial charge in [0.15, 0.2) is 5.13 Å². The fraction of sp³-hybridized carbons (Fsp3) is 0.250. The summed E-state index contributed by atoms with van der Waals surface area (Å²) in [5.41, 5.74) is 3.03. The highest BCUT2D eigenvalue weighted by Gasteiger charge is 2.16. The average Bonchev–Trinajstić information content (AvgIpc) is 3.25. The molecular weight excluding hydrogens is 376 g/mol. The first-order valence-corrected chi connectivity index (χ1v) is 9.80. The van der Waals surface area contributed by atoms with Crippen molar-refractivity contribution in [3.8, 4) is 17.0 Å². The summed E-state index contributed by atoms with van der Waals surface area (Å²) in [6, 6.07) is 9.29. The molecule has 0 radical (unpaired) electrons. The molecule has 7 nitrogen and oxygen atoms in total. The van der Waals surface area contributed by atoms with Crippen molar-refractivity contribution >= 4 is 28.1 Å². The van der Waals surface area contributed by atoms with Crippen LogP contribution in [-0.2, 0) is 4.74 Å². The lowest BCUT2D eigenvalue weighted by Crippen LogP contribution is -2.36. The number of nitrogens with zero attached hydrogens (tertiary/aromatic N) is 3. The molecule has 3 heterocycles. The number of hydrogen-bond acceptors (Lipinski definition) is 7. The first-order valence-electron chi connectivity index (χ1n) is 8.92. The van der Waals surface area contributed by atoms with Gasteiger partial charge in [-0.15, -0.1) is 11.3 Å². The zero-order chi connectivity index (χ0) is 19.3. The van der Waals surface area contributed by atoms with Crippen LogP contribution in [0.1, 0.15) is 10.4 Å². The van der Waals surface area contributed by atoms with E-state index < -0.39 is 0 Å². The van der Waals surface area contributed by atoms with Crippen molar-refractivity contribution in [2.75, 3.05) is 43.6 Å².